The number of carbonyl (C=O) groups excluding carboxylic acids is 1. The van der Waals surface area contributed by atoms with Crippen molar-refractivity contribution in [1.82, 2.24) is 9.62 Å². The molecule has 2 aromatic rings. The van der Waals surface area contributed by atoms with E-state index in [-0.39, 0.29) is 29.7 Å². The minimum atomic E-state index is -3.68. The minimum Gasteiger partial charge on any atom is -0.352 e. The predicted molar refractivity (Wildman–Crippen MR) is 115 cm³/mol. The van der Waals surface area contributed by atoms with Crippen LogP contribution in [-0.4, -0.2) is 31.7 Å². The summed E-state index contributed by atoms with van der Waals surface area (Å²) in [5.41, 5.74) is 0.905. The molecule has 1 heterocycles. The van der Waals surface area contributed by atoms with Crippen molar-refractivity contribution in [2.75, 3.05) is 13.1 Å². The molecule has 1 unspecified atom stereocenters. The summed E-state index contributed by atoms with van der Waals surface area (Å²) in [6.45, 7) is 6.62. The highest BCUT2D eigenvalue weighted by Crippen LogP contribution is 2.33. The Bertz CT molecular complexity index is 1010. The molecule has 1 saturated heterocycles. The molecule has 1 fully saturated rings. The Kier molecular flexibility index (Phi) is 6.62. The van der Waals surface area contributed by atoms with E-state index in [0.29, 0.717) is 30.9 Å². The molecule has 7 heteroatoms. The van der Waals surface area contributed by atoms with Crippen LogP contribution in [0, 0.1) is 11.2 Å². The fraction of sp³-hybridized carbons (Fsp3) is 0.435. The number of sulfonamides is 1. The zero-order valence-electron chi connectivity index (χ0n) is 17.7. The van der Waals surface area contributed by atoms with Crippen LogP contribution >= 0.6 is 0 Å². The summed E-state index contributed by atoms with van der Waals surface area (Å²) in [4.78, 5) is 13.1. The molecule has 1 atom stereocenters. The zero-order chi connectivity index (χ0) is 21.9. The number of amides is 1. The van der Waals surface area contributed by atoms with E-state index >= 15 is 0 Å². The summed E-state index contributed by atoms with van der Waals surface area (Å²) in [6.07, 6.45) is 1.20. The summed E-state index contributed by atoms with van der Waals surface area (Å²) >= 11 is 0. The summed E-state index contributed by atoms with van der Waals surface area (Å²) < 4.78 is 41.0. The quantitative estimate of drug-likeness (QED) is 0.749. The summed E-state index contributed by atoms with van der Waals surface area (Å²) in [5, 5.41) is 2.84. The Morgan fingerprint density at radius 1 is 1.20 bits per heavy atom. The highest BCUT2D eigenvalue weighted by molar-refractivity contribution is 7.89. The number of halogens is 1. The van der Waals surface area contributed by atoms with Gasteiger partial charge in [0.15, 0.2) is 0 Å². The molecule has 0 bridgehead atoms. The minimum absolute atomic E-state index is 0.121. The third-order valence-corrected chi connectivity index (χ3v) is 7.60. The van der Waals surface area contributed by atoms with Gasteiger partial charge in [0, 0.05) is 19.6 Å². The van der Waals surface area contributed by atoms with Crippen molar-refractivity contribution in [3.8, 4) is 0 Å². The molecular weight excluding hydrogens is 403 g/mol. The van der Waals surface area contributed by atoms with E-state index in [1.54, 1.807) is 31.2 Å². The van der Waals surface area contributed by atoms with Gasteiger partial charge in [0.1, 0.15) is 5.82 Å². The maximum Gasteiger partial charge on any atom is 0.243 e. The lowest BCUT2D eigenvalue weighted by Gasteiger charge is -2.38. The third-order valence-electron chi connectivity index (χ3n) is 5.74. The van der Waals surface area contributed by atoms with Gasteiger partial charge in [-0.2, -0.15) is 4.31 Å². The maximum atomic E-state index is 13.3. The molecule has 0 aliphatic carbocycles. The topological polar surface area (TPSA) is 66.5 Å². The molecule has 5 nitrogen and oxygen atoms in total. The average molecular weight is 433 g/mol. The Labute approximate surface area is 178 Å². The van der Waals surface area contributed by atoms with Gasteiger partial charge in [0.25, 0.3) is 0 Å². The molecule has 1 amide bonds. The summed E-state index contributed by atoms with van der Waals surface area (Å²) in [6, 6.07) is 13.0. The fourth-order valence-corrected chi connectivity index (χ4v) is 5.40. The van der Waals surface area contributed by atoms with Crippen LogP contribution in [-0.2, 0) is 21.4 Å². The van der Waals surface area contributed by atoms with Gasteiger partial charge in [-0.25, -0.2) is 12.8 Å². The van der Waals surface area contributed by atoms with Crippen LogP contribution in [0.15, 0.2) is 53.4 Å². The first-order chi connectivity index (χ1) is 14.1. The molecule has 1 aliphatic heterocycles. The molecule has 1 N–H and O–H groups in total. The van der Waals surface area contributed by atoms with Crippen molar-refractivity contribution < 1.29 is 17.6 Å². The lowest BCUT2D eigenvalue weighted by molar-refractivity contribution is -0.132. The Morgan fingerprint density at radius 3 is 2.53 bits per heavy atom. The lowest BCUT2D eigenvalue weighted by atomic mass is 9.82. The number of rotatable bonds is 6. The first kappa shape index (κ1) is 22.4. The number of carbonyl (C=O) groups is 1. The molecule has 0 spiro atoms. The largest absolute Gasteiger partial charge is 0.352 e. The van der Waals surface area contributed by atoms with E-state index in [4.69, 9.17) is 0 Å². The number of piperidine rings is 1. The molecule has 162 valence electrons. The Morgan fingerprint density at radius 2 is 1.90 bits per heavy atom. The van der Waals surface area contributed by atoms with E-state index in [2.05, 4.69) is 19.2 Å². The van der Waals surface area contributed by atoms with Crippen LogP contribution in [0.1, 0.15) is 50.7 Å². The Hall–Kier alpha value is -2.25. The third kappa shape index (κ3) is 4.90. The van der Waals surface area contributed by atoms with Gasteiger partial charge in [-0.15, -0.1) is 0 Å². The standard InChI is InChI=1S/C23H29FN2O3S/c1-17(2)19-8-10-21(11-9-19)30(28,29)26-13-5-12-23(3,16-26)22(27)25-15-18-6-4-7-20(24)14-18/h4,6-11,14,17H,5,12-13,15-16H2,1-3H3,(H,25,27). The number of nitrogens with one attached hydrogen (secondary N) is 1. The first-order valence-electron chi connectivity index (χ1n) is 10.2. The van der Waals surface area contributed by atoms with E-state index in [1.165, 1.54) is 16.4 Å². The van der Waals surface area contributed by atoms with Gasteiger partial charge < -0.3 is 5.32 Å². The highest BCUT2D eigenvalue weighted by atomic mass is 32.2. The maximum absolute atomic E-state index is 13.3. The zero-order valence-corrected chi connectivity index (χ0v) is 18.5. The lowest BCUT2D eigenvalue weighted by Crippen LogP contribution is -2.51. The normalized spacial score (nSPS) is 20.3. The van der Waals surface area contributed by atoms with Gasteiger partial charge in [-0.05, 0) is 61.1 Å². The van der Waals surface area contributed by atoms with Crippen LogP contribution in [0.5, 0.6) is 0 Å². The summed E-state index contributed by atoms with van der Waals surface area (Å²) in [7, 11) is -3.68. The Balaban J connectivity index is 1.71. The molecule has 0 radical (unpaired) electrons. The average Bonchev–Trinajstić information content (AvgIpc) is 2.72. The number of nitrogens with zero attached hydrogens (tertiary/aromatic N) is 1. The monoisotopic (exact) mass is 432 g/mol. The van der Waals surface area contributed by atoms with Crippen LogP contribution in [0.4, 0.5) is 4.39 Å². The van der Waals surface area contributed by atoms with Crippen molar-refractivity contribution in [3.63, 3.8) is 0 Å². The van der Waals surface area contributed by atoms with Crippen LogP contribution in [0.2, 0.25) is 0 Å². The molecule has 0 aromatic heterocycles. The number of benzene rings is 2. The fourth-order valence-electron chi connectivity index (χ4n) is 3.80. The van der Waals surface area contributed by atoms with E-state index in [0.717, 1.165) is 5.56 Å². The van der Waals surface area contributed by atoms with Crippen molar-refractivity contribution in [2.45, 2.75) is 51.0 Å². The molecule has 2 aromatic carbocycles. The first-order valence-corrected chi connectivity index (χ1v) is 11.7. The number of hydrogen-bond donors (Lipinski definition) is 1. The second kappa shape index (κ2) is 8.86. The highest BCUT2D eigenvalue weighted by Gasteiger charge is 2.41. The molecule has 3 rings (SSSR count). The predicted octanol–water partition coefficient (Wildman–Crippen LogP) is 4.06. The van der Waals surface area contributed by atoms with Gasteiger partial charge in [0.05, 0.1) is 10.3 Å². The van der Waals surface area contributed by atoms with E-state index in [1.807, 2.05) is 12.1 Å². The van der Waals surface area contributed by atoms with Crippen LogP contribution in [0.3, 0.4) is 0 Å². The van der Waals surface area contributed by atoms with Gasteiger partial charge in [0.2, 0.25) is 15.9 Å². The van der Waals surface area contributed by atoms with Crippen LogP contribution in [0.25, 0.3) is 0 Å². The van der Waals surface area contributed by atoms with E-state index in [9.17, 15) is 17.6 Å². The molecule has 1 aliphatic rings. The van der Waals surface area contributed by atoms with E-state index < -0.39 is 15.4 Å². The molecular formula is C23H29FN2O3S. The SMILES string of the molecule is CC(C)c1ccc(S(=O)(=O)N2CCCC(C)(C(=O)NCc3cccc(F)c3)C2)cc1. The van der Waals surface area contributed by atoms with Crippen LogP contribution < -0.4 is 5.32 Å². The molecule has 30 heavy (non-hydrogen) atoms. The summed E-state index contributed by atoms with van der Waals surface area (Å²) in [5.74, 6) is -0.255. The van der Waals surface area contributed by atoms with Gasteiger partial charge in [-0.1, -0.05) is 38.1 Å². The second-order valence-electron chi connectivity index (χ2n) is 8.54. The smallest absolute Gasteiger partial charge is 0.243 e. The van der Waals surface area contributed by atoms with Crippen molar-refractivity contribution >= 4 is 15.9 Å². The second-order valence-corrected chi connectivity index (χ2v) is 10.5. The van der Waals surface area contributed by atoms with Crippen molar-refractivity contribution in [1.29, 1.82) is 0 Å². The van der Waals surface area contributed by atoms with Gasteiger partial charge >= 0.3 is 0 Å². The number of hydrogen-bond acceptors (Lipinski definition) is 3. The van der Waals surface area contributed by atoms with Crippen molar-refractivity contribution in [2.24, 2.45) is 5.41 Å². The molecule has 0 saturated carbocycles. The van der Waals surface area contributed by atoms with Crippen molar-refractivity contribution in [3.05, 3.63) is 65.5 Å². The van der Waals surface area contributed by atoms with Gasteiger partial charge in [-0.3, -0.25) is 4.79 Å².